The van der Waals surface area contributed by atoms with E-state index < -0.39 is 5.41 Å². The summed E-state index contributed by atoms with van der Waals surface area (Å²) in [7, 11) is 0. The first-order valence-corrected chi connectivity index (χ1v) is 10.9. The summed E-state index contributed by atoms with van der Waals surface area (Å²) in [6.45, 7) is 0.604. The predicted octanol–water partition coefficient (Wildman–Crippen LogP) is 5.36. The third-order valence-corrected chi connectivity index (χ3v) is 6.09. The van der Waals surface area contributed by atoms with Crippen molar-refractivity contribution in [1.29, 1.82) is 0 Å². The van der Waals surface area contributed by atoms with E-state index in [0.29, 0.717) is 13.0 Å². The van der Waals surface area contributed by atoms with Gasteiger partial charge in [-0.3, -0.25) is 9.78 Å². The van der Waals surface area contributed by atoms with Crippen molar-refractivity contribution >= 4 is 5.91 Å². The van der Waals surface area contributed by atoms with Crippen LogP contribution in [0, 0.1) is 17.6 Å². The number of benzene rings is 2. The van der Waals surface area contributed by atoms with Crippen LogP contribution in [0.2, 0.25) is 0 Å². The number of rotatable bonds is 9. The normalized spacial score (nSPS) is 16.8. The minimum Gasteiger partial charge on any atom is -0.353 e. The number of aromatic nitrogens is 1. The fraction of sp³-hybridized carbons (Fsp3) is 0.259. The Morgan fingerprint density at radius 2 is 1.75 bits per heavy atom. The highest BCUT2D eigenvalue weighted by Gasteiger charge is 2.55. The number of pyridine rings is 1. The summed E-state index contributed by atoms with van der Waals surface area (Å²) < 4.78 is 27.8. The number of hydrogen-bond donors (Lipinski definition) is 1. The second kappa shape index (κ2) is 9.86. The Morgan fingerprint density at radius 3 is 2.38 bits per heavy atom. The van der Waals surface area contributed by atoms with Crippen LogP contribution < -0.4 is 5.32 Å². The van der Waals surface area contributed by atoms with Crippen LogP contribution in [-0.4, -0.2) is 17.4 Å². The number of nitrogens with zero attached hydrogens (tertiary/aromatic N) is 1. The molecule has 5 heteroatoms. The first kappa shape index (κ1) is 21.9. The highest BCUT2D eigenvalue weighted by molar-refractivity contribution is 5.87. The van der Waals surface area contributed by atoms with Gasteiger partial charge in [0.15, 0.2) is 0 Å². The van der Waals surface area contributed by atoms with E-state index in [4.69, 9.17) is 0 Å². The zero-order chi connectivity index (χ0) is 22.4. The molecule has 0 aliphatic heterocycles. The van der Waals surface area contributed by atoms with Gasteiger partial charge in [-0.2, -0.15) is 0 Å². The SMILES string of the molecule is O=C(/C=C/[C@H]1CC1(c1cccc(F)c1)c1cccc(F)c1)NCCCCc1cccnc1. The Kier molecular flexibility index (Phi) is 6.74. The van der Waals surface area contributed by atoms with Crippen LogP contribution in [0.3, 0.4) is 0 Å². The van der Waals surface area contributed by atoms with Gasteiger partial charge in [0.2, 0.25) is 5.91 Å². The quantitative estimate of drug-likeness (QED) is 0.365. The van der Waals surface area contributed by atoms with Crippen LogP contribution in [0.25, 0.3) is 0 Å². The number of hydrogen-bond acceptors (Lipinski definition) is 2. The molecule has 3 nitrogen and oxygen atoms in total. The fourth-order valence-electron chi connectivity index (χ4n) is 4.36. The number of carbonyl (C=O) groups is 1. The molecule has 1 aromatic heterocycles. The van der Waals surface area contributed by atoms with Gasteiger partial charge in [0.25, 0.3) is 0 Å². The summed E-state index contributed by atoms with van der Waals surface area (Å²) in [5.74, 6) is -0.790. The first-order chi connectivity index (χ1) is 15.6. The Morgan fingerprint density at radius 1 is 1.03 bits per heavy atom. The zero-order valence-corrected chi connectivity index (χ0v) is 17.8. The third-order valence-electron chi connectivity index (χ3n) is 6.09. The van der Waals surface area contributed by atoms with Crippen molar-refractivity contribution in [2.24, 2.45) is 5.92 Å². The molecule has 0 unspecified atom stereocenters. The smallest absolute Gasteiger partial charge is 0.243 e. The second-order valence-corrected chi connectivity index (χ2v) is 8.27. The molecule has 1 saturated carbocycles. The van der Waals surface area contributed by atoms with E-state index in [1.54, 1.807) is 24.4 Å². The number of nitrogens with one attached hydrogen (secondary N) is 1. The molecule has 0 spiro atoms. The summed E-state index contributed by atoms with van der Waals surface area (Å²) in [5.41, 5.74) is 2.28. The van der Waals surface area contributed by atoms with E-state index in [9.17, 15) is 13.6 Å². The molecule has 1 aliphatic carbocycles. The number of amides is 1. The number of carbonyl (C=O) groups excluding carboxylic acids is 1. The topological polar surface area (TPSA) is 42.0 Å². The molecule has 1 heterocycles. The molecular weight excluding hydrogens is 406 g/mol. The van der Waals surface area contributed by atoms with Crippen LogP contribution >= 0.6 is 0 Å². The average Bonchev–Trinajstić information content (AvgIpc) is 3.54. The molecule has 3 aromatic rings. The summed E-state index contributed by atoms with van der Waals surface area (Å²) in [4.78, 5) is 16.4. The highest BCUT2D eigenvalue weighted by Crippen LogP contribution is 2.59. The van der Waals surface area contributed by atoms with Crippen LogP contribution in [0.4, 0.5) is 8.78 Å². The molecule has 1 amide bonds. The van der Waals surface area contributed by atoms with E-state index in [-0.39, 0.29) is 23.5 Å². The van der Waals surface area contributed by atoms with Crippen molar-refractivity contribution in [2.75, 3.05) is 6.54 Å². The third kappa shape index (κ3) is 5.10. The summed E-state index contributed by atoms with van der Waals surface area (Å²) in [6.07, 6.45) is 10.5. The minimum absolute atomic E-state index is 0.00225. The molecule has 1 aliphatic rings. The van der Waals surface area contributed by atoms with Gasteiger partial charge in [-0.05, 0) is 84.7 Å². The van der Waals surface area contributed by atoms with Crippen LogP contribution in [-0.2, 0) is 16.6 Å². The van der Waals surface area contributed by atoms with Gasteiger partial charge in [0.05, 0.1) is 0 Å². The van der Waals surface area contributed by atoms with Crippen molar-refractivity contribution in [1.82, 2.24) is 10.3 Å². The maximum Gasteiger partial charge on any atom is 0.243 e. The lowest BCUT2D eigenvalue weighted by Gasteiger charge is -2.18. The Balaban J connectivity index is 1.35. The van der Waals surface area contributed by atoms with Crippen molar-refractivity contribution in [3.8, 4) is 0 Å². The zero-order valence-electron chi connectivity index (χ0n) is 17.8. The Labute approximate surface area is 187 Å². The summed E-state index contributed by atoms with van der Waals surface area (Å²) in [6, 6.07) is 16.8. The molecular formula is C27H26F2N2O. The predicted molar refractivity (Wildman–Crippen MR) is 121 cm³/mol. The van der Waals surface area contributed by atoms with Crippen molar-refractivity contribution in [2.45, 2.75) is 31.1 Å². The number of aryl methyl sites for hydroxylation is 1. The Hall–Kier alpha value is -3.34. The van der Waals surface area contributed by atoms with E-state index in [0.717, 1.165) is 30.4 Å². The lowest BCUT2D eigenvalue weighted by molar-refractivity contribution is -0.116. The number of unbranched alkanes of at least 4 members (excludes halogenated alkanes) is 1. The van der Waals surface area contributed by atoms with Crippen molar-refractivity contribution < 1.29 is 13.6 Å². The van der Waals surface area contributed by atoms with Gasteiger partial charge >= 0.3 is 0 Å². The van der Waals surface area contributed by atoms with Crippen LogP contribution in [0.1, 0.15) is 36.0 Å². The molecule has 4 rings (SSSR count). The molecule has 164 valence electrons. The number of allylic oxidation sites excluding steroid dienone is 1. The van der Waals surface area contributed by atoms with E-state index in [2.05, 4.69) is 10.3 Å². The van der Waals surface area contributed by atoms with Gasteiger partial charge in [-0.1, -0.05) is 36.4 Å². The molecule has 1 atom stereocenters. The van der Waals surface area contributed by atoms with E-state index >= 15 is 0 Å². The number of halogens is 2. The van der Waals surface area contributed by atoms with E-state index in [1.807, 2.05) is 36.5 Å². The van der Waals surface area contributed by atoms with Gasteiger partial charge < -0.3 is 5.32 Å². The summed E-state index contributed by atoms with van der Waals surface area (Å²) >= 11 is 0. The largest absolute Gasteiger partial charge is 0.353 e. The maximum absolute atomic E-state index is 13.9. The van der Waals surface area contributed by atoms with Crippen LogP contribution in [0.15, 0.2) is 85.2 Å². The molecule has 1 fully saturated rings. The van der Waals surface area contributed by atoms with Crippen molar-refractivity contribution in [3.05, 3.63) is 114 Å². The monoisotopic (exact) mass is 432 g/mol. The molecule has 1 N–H and O–H groups in total. The second-order valence-electron chi connectivity index (χ2n) is 8.27. The molecule has 0 radical (unpaired) electrons. The van der Waals surface area contributed by atoms with Gasteiger partial charge in [0.1, 0.15) is 11.6 Å². The fourth-order valence-corrected chi connectivity index (χ4v) is 4.36. The molecule has 0 saturated heterocycles. The minimum atomic E-state index is -0.509. The van der Waals surface area contributed by atoms with Crippen LogP contribution in [0.5, 0.6) is 0 Å². The van der Waals surface area contributed by atoms with Gasteiger partial charge in [0, 0.05) is 24.4 Å². The van der Waals surface area contributed by atoms with Crippen molar-refractivity contribution in [3.63, 3.8) is 0 Å². The summed E-state index contributed by atoms with van der Waals surface area (Å²) in [5, 5.41) is 2.92. The van der Waals surface area contributed by atoms with Gasteiger partial charge in [-0.15, -0.1) is 0 Å². The highest BCUT2D eigenvalue weighted by atomic mass is 19.1. The lowest BCUT2D eigenvalue weighted by atomic mass is 9.85. The molecule has 2 aromatic carbocycles. The average molecular weight is 433 g/mol. The maximum atomic E-state index is 13.9. The lowest BCUT2D eigenvalue weighted by Crippen LogP contribution is -2.22. The standard InChI is InChI=1S/C27H26F2N2O/c28-24-10-3-8-21(16-24)27(22-9-4-11-25(29)17-22)18-23(27)12-13-26(32)31-15-2-1-6-20-7-5-14-30-19-20/h3-5,7-14,16-17,19,23H,1-2,6,15,18H2,(H,31,32)/b13-12+/t23-/m0/s1. The molecule has 0 bridgehead atoms. The van der Waals surface area contributed by atoms with E-state index in [1.165, 1.54) is 29.8 Å². The Bertz CT molecular complexity index is 1050. The first-order valence-electron chi connectivity index (χ1n) is 10.9. The van der Waals surface area contributed by atoms with Gasteiger partial charge in [-0.25, -0.2) is 8.78 Å². The molecule has 32 heavy (non-hydrogen) atoms.